The molecule has 0 fully saturated rings. The van der Waals surface area contributed by atoms with Crippen molar-refractivity contribution in [3.8, 4) is 0 Å². The Morgan fingerprint density at radius 1 is 1.50 bits per heavy atom. The first-order valence-corrected chi connectivity index (χ1v) is 5.98. The van der Waals surface area contributed by atoms with Crippen LogP contribution < -0.4 is 0 Å². The van der Waals surface area contributed by atoms with Gasteiger partial charge in [0.1, 0.15) is 5.82 Å². The average molecular weight is 239 g/mol. The molecule has 0 radical (unpaired) electrons. The lowest BCUT2D eigenvalue weighted by atomic mass is 10.2. The van der Waals surface area contributed by atoms with Gasteiger partial charge in [0.25, 0.3) is 9.05 Å². The van der Waals surface area contributed by atoms with Crippen molar-refractivity contribution in [2.45, 2.75) is 11.5 Å². The summed E-state index contributed by atoms with van der Waals surface area (Å²) in [5.41, 5.74) is -0.0509. The van der Waals surface area contributed by atoms with E-state index < -0.39 is 14.9 Å². The monoisotopic (exact) mass is 238 g/mol. The minimum absolute atomic E-state index is 0.0509. The van der Waals surface area contributed by atoms with Gasteiger partial charge in [0.15, 0.2) is 0 Å². The summed E-state index contributed by atoms with van der Waals surface area (Å²) in [6.45, 7) is -0.131. The van der Waals surface area contributed by atoms with Gasteiger partial charge in [-0.25, -0.2) is 12.8 Å². The van der Waals surface area contributed by atoms with Gasteiger partial charge in [-0.15, -0.1) is 0 Å². The van der Waals surface area contributed by atoms with Crippen molar-refractivity contribution in [3.63, 3.8) is 0 Å². The van der Waals surface area contributed by atoms with Crippen molar-refractivity contribution in [1.82, 2.24) is 0 Å². The van der Waals surface area contributed by atoms with E-state index in [9.17, 15) is 12.8 Å². The summed E-state index contributed by atoms with van der Waals surface area (Å²) < 4.78 is 39.9. The van der Waals surface area contributed by atoms with E-state index in [0.717, 1.165) is 6.07 Å². The molecule has 0 saturated heterocycles. The Morgan fingerprint density at radius 2 is 2.14 bits per heavy atom. The Balaban J connectivity index is 3.36. The third-order valence-electron chi connectivity index (χ3n) is 1.63. The molecule has 0 saturated carbocycles. The summed E-state index contributed by atoms with van der Waals surface area (Å²) in [7, 11) is 2.54. The van der Waals surface area contributed by atoms with Crippen LogP contribution in [0.2, 0.25) is 0 Å². The molecule has 0 aliphatic heterocycles. The molecule has 3 nitrogen and oxygen atoms in total. The molecule has 14 heavy (non-hydrogen) atoms. The Bertz CT molecular complexity index is 430. The van der Waals surface area contributed by atoms with Crippen LogP contribution in [0.5, 0.6) is 0 Å². The van der Waals surface area contributed by atoms with E-state index in [1.807, 2.05) is 0 Å². The molecule has 1 rings (SSSR count). The lowest BCUT2D eigenvalue weighted by molar-refractivity contribution is 0.179. The summed E-state index contributed by atoms with van der Waals surface area (Å²) in [5.74, 6) is -0.645. The van der Waals surface area contributed by atoms with E-state index in [1.54, 1.807) is 0 Å². The molecule has 0 aliphatic carbocycles. The standard InChI is InChI=1S/C8H8ClFO3S/c1-13-5-6-7(10)3-2-4-8(6)14(9,11)12/h2-4H,5H2,1H3. The van der Waals surface area contributed by atoms with E-state index in [0.29, 0.717) is 0 Å². The molecular formula is C8H8ClFO3S. The molecule has 1 aromatic carbocycles. The highest BCUT2D eigenvalue weighted by Gasteiger charge is 2.18. The third kappa shape index (κ3) is 2.43. The van der Waals surface area contributed by atoms with E-state index in [-0.39, 0.29) is 17.1 Å². The van der Waals surface area contributed by atoms with E-state index in [4.69, 9.17) is 10.7 Å². The smallest absolute Gasteiger partial charge is 0.261 e. The number of ether oxygens (including phenoxy) is 1. The molecule has 0 bridgehead atoms. The van der Waals surface area contributed by atoms with Crippen molar-refractivity contribution < 1.29 is 17.5 Å². The van der Waals surface area contributed by atoms with Gasteiger partial charge in [0, 0.05) is 23.4 Å². The molecule has 0 aromatic heterocycles. The molecule has 0 unspecified atom stereocenters. The Hall–Kier alpha value is -0.650. The topological polar surface area (TPSA) is 43.4 Å². The largest absolute Gasteiger partial charge is 0.380 e. The summed E-state index contributed by atoms with van der Waals surface area (Å²) in [5, 5.41) is 0. The molecule has 6 heteroatoms. The molecule has 0 spiro atoms. The van der Waals surface area contributed by atoms with Crippen LogP contribution >= 0.6 is 10.7 Å². The number of benzene rings is 1. The van der Waals surface area contributed by atoms with Gasteiger partial charge >= 0.3 is 0 Å². The maximum atomic E-state index is 13.2. The van der Waals surface area contributed by atoms with Gasteiger partial charge in [0.05, 0.1) is 11.5 Å². The van der Waals surface area contributed by atoms with Gasteiger partial charge in [-0.2, -0.15) is 0 Å². The predicted molar refractivity (Wildman–Crippen MR) is 50.2 cm³/mol. The number of hydrogen-bond donors (Lipinski definition) is 0. The first-order valence-electron chi connectivity index (χ1n) is 3.68. The lowest BCUT2D eigenvalue weighted by Gasteiger charge is -2.06. The van der Waals surface area contributed by atoms with Gasteiger partial charge in [0.2, 0.25) is 0 Å². The zero-order chi connectivity index (χ0) is 10.8. The highest BCUT2D eigenvalue weighted by Crippen LogP contribution is 2.22. The molecule has 78 valence electrons. The quantitative estimate of drug-likeness (QED) is 0.756. The van der Waals surface area contributed by atoms with Crippen LogP contribution in [0.25, 0.3) is 0 Å². The van der Waals surface area contributed by atoms with Crippen molar-refractivity contribution in [1.29, 1.82) is 0 Å². The second kappa shape index (κ2) is 4.25. The van der Waals surface area contributed by atoms with E-state index in [1.165, 1.54) is 19.2 Å². The van der Waals surface area contributed by atoms with Gasteiger partial charge < -0.3 is 4.74 Å². The predicted octanol–water partition coefficient (Wildman–Crippen LogP) is 1.90. The van der Waals surface area contributed by atoms with Crippen molar-refractivity contribution in [3.05, 3.63) is 29.6 Å². The lowest BCUT2D eigenvalue weighted by Crippen LogP contribution is -2.02. The highest BCUT2D eigenvalue weighted by molar-refractivity contribution is 8.13. The van der Waals surface area contributed by atoms with Crippen LogP contribution in [0.1, 0.15) is 5.56 Å². The van der Waals surface area contributed by atoms with Crippen molar-refractivity contribution in [2.75, 3.05) is 7.11 Å². The van der Waals surface area contributed by atoms with E-state index in [2.05, 4.69) is 4.74 Å². The first-order chi connectivity index (χ1) is 6.46. The third-order valence-corrected chi connectivity index (χ3v) is 3.03. The fourth-order valence-electron chi connectivity index (χ4n) is 1.05. The zero-order valence-electron chi connectivity index (χ0n) is 7.33. The van der Waals surface area contributed by atoms with Crippen LogP contribution in [-0.4, -0.2) is 15.5 Å². The number of methoxy groups -OCH3 is 1. The Labute approximate surface area is 85.9 Å². The van der Waals surface area contributed by atoms with Crippen molar-refractivity contribution >= 4 is 19.7 Å². The van der Waals surface area contributed by atoms with Crippen LogP contribution in [0.4, 0.5) is 4.39 Å². The minimum atomic E-state index is -3.93. The second-order valence-electron chi connectivity index (χ2n) is 2.59. The van der Waals surface area contributed by atoms with Crippen LogP contribution in [0.3, 0.4) is 0 Å². The van der Waals surface area contributed by atoms with Crippen molar-refractivity contribution in [2.24, 2.45) is 0 Å². The summed E-state index contributed by atoms with van der Waals surface area (Å²) >= 11 is 0. The molecule has 0 atom stereocenters. The van der Waals surface area contributed by atoms with Crippen LogP contribution in [-0.2, 0) is 20.4 Å². The number of rotatable bonds is 3. The SMILES string of the molecule is COCc1c(F)cccc1S(=O)(=O)Cl. The molecule has 1 aromatic rings. The zero-order valence-corrected chi connectivity index (χ0v) is 8.90. The normalized spacial score (nSPS) is 11.6. The Kier molecular flexibility index (Phi) is 3.47. The van der Waals surface area contributed by atoms with Crippen LogP contribution in [0.15, 0.2) is 23.1 Å². The number of hydrogen-bond acceptors (Lipinski definition) is 3. The van der Waals surface area contributed by atoms with Gasteiger partial charge in [-0.3, -0.25) is 0 Å². The summed E-state index contributed by atoms with van der Waals surface area (Å²) in [4.78, 5) is -0.249. The van der Waals surface area contributed by atoms with E-state index >= 15 is 0 Å². The molecule has 0 heterocycles. The summed E-state index contributed by atoms with van der Waals surface area (Å²) in [6.07, 6.45) is 0. The second-order valence-corrected chi connectivity index (χ2v) is 5.12. The maximum Gasteiger partial charge on any atom is 0.261 e. The molecule has 0 amide bonds. The minimum Gasteiger partial charge on any atom is -0.380 e. The first kappa shape index (κ1) is 11.4. The highest BCUT2D eigenvalue weighted by atomic mass is 35.7. The van der Waals surface area contributed by atoms with Crippen LogP contribution in [0, 0.1) is 5.82 Å². The van der Waals surface area contributed by atoms with Gasteiger partial charge in [-0.1, -0.05) is 6.07 Å². The molecular weight excluding hydrogens is 231 g/mol. The number of halogens is 2. The molecule has 0 aliphatic rings. The molecule has 0 N–H and O–H groups in total. The fraction of sp³-hybridized carbons (Fsp3) is 0.250. The fourth-order valence-corrected chi connectivity index (χ4v) is 2.18. The average Bonchev–Trinajstić information content (AvgIpc) is 2.07. The Morgan fingerprint density at radius 3 is 2.64 bits per heavy atom. The van der Waals surface area contributed by atoms with Gasteiger partial charge in [-0.05, 0) is 12.1 Å². The summed E-state index contributed by atoms with van der Waals surface area (Å²) in [6, 6.07) is 3.67. The maximum absolute atomic E-state index is 13.2.